The Kier molecular flexibility index (Phi) is 8.46. The molecule has 0 radical (unpaired) electrons. The predicted molar refractivity (Wildman–Crippen MR) is 155 cm³/mol. The maximum atomic E-state index is 13.7. The van der Waals surface area contributed by atoms with E-state index in [2.05, 4.69) is 10.3 Å². The molecule has 2 aromatic rings. The third-order valence-corrected chi connectivity index (χ3v) is 10.00. The molecule has 1 spiro atoms. The highest BCUT2D eigenvalue weighted by atomic mass is 32.2. The quantitative estimate of drug-likeness (QED) is 0.485. The standard InChI is InChI=1S/C30H32F4N4O5S/c1-18-15-21(27(40)37-10-5-22(39)6-11-37)16-19(2)23(18)7-14-44(42,43)38-12-8-29(9-13-38)28(41)35-26(36-29)20-3-4-25(31)24(17-20)30(32,33)34/h3-4,7,14-17,22,39H,5-6,8-13H2,1-2H3,(H,35,36,41). The summed E-state index contributed by atoms with van der Waals surface area (Å²) in [4.78, 5) is 31.9. The summed E-state index contributed by atoms with van der Waals surface area (Å²) in [6.07, 6.45) is -2.80. The summed E-state index contributed by atoms with van der Waals surface area (Å²) in [6, 6.07) is 5.77. The molecule has 3 aliphatic rings. The number of carbonyl (C=O) groups excluding carboxylic acids is 2. The molecule has 0 atom stereocenters. The fraction of sp³-hybridized carbons (Fsp3) is 0.433. The Hall–Kier alpha value is -3.62. The number of carbonyl (C=O) groups is 2. The zero-order valence-electron chi connectivity index (χ0n) is 24.1. The number of likely N-dealkylation sites (tertiary alicyclic amines) is 1. The van der Waals surface area contributed by atoms with Crippen molar-refractivity contribution in [3.05, 3.63) is 74.9 Å². The monoisotopic (exact) mass is 636 g/mol. The first-order valence-corrected chi connectivity index (χ1v) is 15.7. The molecule has 0 unspecified atom stereocenters. The number of amidine groups is 1. The molecule has 14 heteroatoms. The van der Waals surface area contributed by atoms with Crippen molar-refractivity contribution in [2.75, 3.05) is 26.2 Å². The maximum absolute atomic E-state index is 13.7. The van der Waals surface area contributed by atoms with Gasteiger partial charge in [-0.2, -0.15) is 17.5 Å². The Morgan fingerprint density at radius 3 is 2.27 bits per heavy atom. The number of alkyl halides is 3. The predicted octanol–water partition coefficient (Wildman–Crippen LogP) is 3.77. The van der Waals surface area contributed by atoms with Crippen LogP contribution >= 0.6 is 0 Å². The second-order valence-electron chi connectivity index (χ2n) is 11.4. The molecule has 2 N–H and O–H groups in total. The number of halogens is 4. The van der Waals surface area contributed by atoms with Gasteiger partial charge in [0.05, 0.1) is 11.7 Å². The van der Waals surface area contributed by atoms with Crippen LogP contribution in [0.4, 0.5) is 17.6 Å². The van der Waals surface area contributed by atoms with Gasteiger partial charge in [-0.3, -0.25) is 14.6 Å². The smallest absolute Gasteiger partial charge is 0.393 e. The molecule has 2 amide bonds. The summed E-state index contributed by atoms with van der Waals surface area (Å²) in [5, 5.41) is 13.3. The molecule has 236 valence electrons. The Morgan fingerprint density at radius 1 is 1.07 bits per heavy atom. The molecule has 3 heterocycles. The lowest BCUT2D eigenvalue weighted by Gasteiger charge is -2.34. The molecular weight excluding hydrogens is 604 g/mol. The van der Waals surface area contributed by atoms with E-state index in [9.17, 15) is 40.7 Å². The largest absolute Gasteiger partial charge is 0.419 e. The molecule has 0 bridgehead atoms. The molecule has 9 nitrogen and oxygen atoms in total. The van der Waals surface area contributed by atoms with Crippen molar-refractivity contribution < 1.29 is 40.7 Å². The van der Waals surface area contributed by atoms with Gasteiger partial charge in [-0.15, -0.1) is 0 Å². The van der Waals surface area contributed by atoms with Crippen molar-refractivity contribution in [3.63, 3.8) is 0 Å². The van der Waals surface area contributed by atoms with E-state index in [0.29, 0.717) is 60.3 Å². The number of rotatable bonds is 5. The second-order valence-corrected chi connectivity index (χ2v) is 13.3. The molecule has 0 saturated carbocycles. The van der Waals surface area contributed by atoms with Gasteiger partial charge < -0.3 is 15.3 Å². The van der Waals surface area contributed by atoms with Crippen molar-refractivity contribution in [1.29, 1.82) is 0 Å². The van der Waals surface area contributed by atoms with E-state index in [1.54, 1.807) is 30.9 Å². The number of benzene rings is 2. The van der Waals surface area contributed by atoms with Gasteiger partial charge in [0.15, 0.2) is 0 Å². The van der Waals surface area contributed by atoms with Crippen molar-refractivity contribution in [3.8, 4) is 0 Å². The second kappa shape index (κ2) is 11.7. The van der Waals surface area contributed by atoms with E-state index in [1.165, 1.54) is 10.4 Å². The van der Waals surface area contributed by atoms with Crippen LogP contribution in [-0.2, 0) is 21.0 Å². The van der Waals surface area contributed by atoms with Crippen LogP contribution in [0, 0.1) is 19.7 Å². The van der Waals surface area contributed by atoms with Gasteiger partial charge in [-0.05, 0) is 92.6 Å². The van der Waals surface area contributed by atoms with Crippen molar-refractivity contribution in [2.45, 2.75) is 57.3 Å². The van der Waals surface area contributed by atoms with E-state index in [-0.39, 0.29) is 43.2 Å². The first-order chi connectivity index (χ1) is 20.6. The van der Waals surface area contributed by atoms with Crippen LogP contribution in [-0.4, -0.2) is 78.2 Å². The average Bonchev–Trinajstić information content (AvgIpc) is 3.27. The number of hydrogen-bond donors (Lipinski definition) is 2. The lowest BCUT2D eigenvalue weighted by molar-refractivity contribution is -0.140. The highest BCUT2D eigenvalue weighted by Crippen LogP contribution is 2.35. The van der Waals surface area contributed by atoms with Gasteiger partial charge in [0.25, 0.3) is 11.8 Å². The number of nitrogens with zero attached hydrogens (tertiary/aromatic N) is 3. The zero-order chi connectivity index (χ0) is 32.0. The number of nitrogens with one attached hydrogen (secondary N) is 1. The molecule has 0 aromatic heterocycles. The fourth-order valence-corrected chi connectivity index (χ4v) is 7.02. The van der Waals surface area contributed by atoms with E-state index in [1.807, 2.05) is 0 Å². The number of hydrogen-bond acceptors (Lipinski definition) is 6. The Labute approximate surface area is 252 Å². The zero-order valence-corrected chi connectivity index (χ0v) is 24.9. The normalized spacial score (nSPS) is 19.9. The summed E-state index contributed by atoms with van der Waals surface area (Å²) >= 11 is 0. The van der Waals surface area contributed by atoms with Crippen molar-refractivity contribution in [2.24, 2.45) is 4.99 Å². The summed E-state index contributed by atoms with van der Waals surface area (Å²) < 4.78 is 80.9. The van der Waals surface area contributed by atoms with Gasteiger partial charge in [-0.25, -0.2) is 12.8 Å². The van der Waals surface area contributed by atoms with Gasteiger partial charge in [0.1, 0.15) is 17.2 Å². The van der Waals surface area contributed by atoms with Crippen LogP contribution < -0.4 is 5.32 Å². The average molecular weight is 637 g/mol. The Morgan fingerprint density at radius 2 is 1.68 bits per heavy atom. The number of aryl methyl sites for hydroxylation is 2. The topological polar surface area (TPSA) is 119 Å². The van der Waals surface area contributed by atoms with Crippen molar-refractivity contribution in [1.82, 2.24) is 14.5 Å². The molecule has 2 fully saturated rings. The summed E-state index contributed by atoms with van der Waals surface area (Å²) in [7, 11) is -3.91. The number of piperidine rings is 2. The minimum atomic E-state index is -4.93. The van der Waals surface area contributed by atoms with Gasteiger partial charge in [-0.1, -0.05) is 0 Å². The molecule has 2 aromatic carbocycles. The number of amides is 2. The van der Waals surface area contributed by atoms with Crippen LogP contribution in [0.1, 0.15) is 63.9 Å². The van der Waals surface area contributed by atoms with Gasteiger partial charge >= 0.3 is 6.18 Å². The minimum absolute atomic E-state index is 0.00508. The van der Waals surface area contributed by atoms with E-state index in [0.717, 1.165) is 11.5 Å². The van der Waals surface area contributed by atoms with E-state index in [4.69, 9.17) is 0 Å². The summed E-state index contributed by atoms with van der Waals surface area (Å²) in [5.74, 6) is -2.27. The van der Waals surface area contributed by atoms with Gasteiger partial charge in [0, 0.05) is 42.7 Å². The maximum Gasteiger partial charge on any atom is 0.419 e. The highest BCUT2D eigenvalue weighted by Gasteiger charge is 2.47. The number of aliphatic imine (C=N–C) groups is 1. The molecule has 2 saturated heterocycles. The van der Waals surface area contributed by atoms with Gasteiger partial charge in [0.2, 0.25) is 10.0 Å². The first-order valence-electron chi connectivity index (χ1n) is 14.1. The van der Waals surface area contributed by atoms with Crippen LogP contribution in [0.2, 0.25) is 0 Å². The first kappa shape index (κ1) is 31.8. The number of aliphatic hydroxyl groups is 1. The SMILES string of the molecule is Cc1cc(C(=O)N2CCC(O)CC2)cc(C)c1C=CS(=O)(=O)N1CCC2(CC1)N=C(c1ccc(F)c(C(F)(F)F)c1)NC2=O. The summed E-state index contributed by atoms with van der Waals surface area (Å²) in [6.45, 7) is 4.40. The minimum Gasteiger partial charge on any atom is -0.393 e. The lowest BCUT2D eigenvalue weighted by Crippen LogP contribution is -2.50. The molecular formula is C30H32F4N4O5S. The van der Waals surface area contributed by atoms with Crippen molar-refractivity contribution >= 4 is 33.7 Å². The fourth-order valence-electron chi connectivity index (χ4n) is 5.85. The molecule has 3 aliphatic heterocycles. The Balaban J connectivity index is 1.28. The molecule has 5 rings (SSSR count). The van der Waals surface area contributed by atoms with Crippen LogP contribution in [0.25, 0.3) is 6.08 Å². The third-order valence-electron chi connectivity index (χ3n) is 8.43. The third kappa shape index (κ3) is 6.28. The van der Waals surface area contributed by atoms with Crippen LogP contribution in [0.15, 0.2) is 40.7 Å². The lowest BCUT2D eigenvalue weighted by atomic mass is 9.89. The molecule has 44 heavy (non-hydrogen) atoms. The molecule has 0 aliphatic carbocycles. The van der Waals surface area contributed by atoms with Crippen LogP contribution in [0.5, 0.6) is 0 Å². The van der Waals surface area contributed by atoms with Crippen LogP contribution in [0.3, 0.4) is 0 Å². The highest BCUT2D eigenvalue weighted by molar-refractivity contribution is 7.92. The summed E-state index contributed by atoms with van der Waals surface area (Å²) in [5.41, 5.74) is -0.357. The Bertz CT molecular complexity index is 1630. The van der Waals surface area contributed by atoms with E-state index >= 15 is 0 Å². The number of sulfonamides is 1. The van der Waals surface area contributed by atoms with E-state index < -0.39 is 45.1 Å². The number of aliphatic hydroxyl groups excluding tert-OH is 1.